The van der Waals surface area contributed by atoms with Crippen molar-refractivity contribution in [2.24, 2.45) is 0 Å². The van der Waals surface area contributed by atoms with Gasteiger partial charge >= 0.3 is 5.97 Å². The van der Waals surface area contributed by atoms with Gasteiger partial charge in [-0.1, -0.05) is 0 Å². The van der Waals surface area contributed by atoms with E-state index in [1.807, 2.05) is 13.8 Å². The van der Waals surface area contributed by atoms with Crippen LogP contribution in [0.1, 0.15) is 21.6 Å². The van der Waals surface area contributed by atoms with E-state index >= 15 is 0 Å². The summed E-state index contributed by atoms with van der Waals surface area (Å²) in [7, 11) is 1.36. The van der Waals surface area contributed by atoms with Crippen LogP contribution in [0.3, 0.4) is 0 Å². The summed E-state index contributed by atoms with van der Waals surface area (Å²) in [5.74, 6) is -0.350. The summed E-state index contributed by atoms with van der Waals surface area (Å²) in [5, 5.41) is 4.04. The van der Waals surface area contributed by atoms with Crippen molar-refractivity contribution in [3.63, 3.8) is 0 Å². The molecule has 0 aliphatic heterocycles. The number of rotatable bonds is 1. The summed E-state index contributed by atoms with van der Waals surface area (Å²) in [6, 6.07) is 0. The molecule has 0 aliphatic carbocycles. The Balaban J connectivity index is 2.75. The zero-order valence-electron chi connectivity index (χ0n) is 8.81. The van der Waals surface area contributed by atoms with Crippen molar-refractivity contribution in [2.45, 2.75) is 13.8 Å². The van der Waals surface area contributed by atoms with Crippen LogP contribution < -0.4 is 0 Å². The van der Waals surface area contributed by atoms with Crippen molar-refractivity contribution >= 4 is 11.5 Å². The van der Waals surface area contributed by atoms with Gasteiger partial charge in [0, 0.05) is 6.20 Å². The number of aryl methyl sites for hydroxylation is 2. The Morgan fingerprint density at radius 2 is 2.20 bits per heavy atom. The molecule has 0 aromatic carbocycles. The predicted octanol–water partition coefficient (Wildman–Crippen LogP) is 1.13. The monoisotopic (exact) mass is 205 g/mol. The molecule has 0 saturated carbocycles. The Bertz CT molecular complexity index is 531. The topological polar surface area (TPSA) is 56.5 Å². The minimum Gasteiger partial charge on any atom is -0.465 e. The summed E-state index contributed by atoms with van der Waals surface area (Å²) in [4.78, 5) is 15.5. The van der Waals surface area contributed by atoms with Gasteiger partial charge in [0.1, 0.15) is 6.33 Å². The van der Waals surface area contributed by atoms with Crippen molar-refractivity contribution in [3.05, 3.63) is 29.3 Å². The maximum atomic E-state index is 11.4. The highest BCUT2D eigenvalue weighted by molar-refractivity contribution is 5.93. The Labute approximate surface area is 86.7 Å². The molecule has 5 nitrogen and oxygen atoms in total. The first-order chi connectivity index (χ1) is 7.15. The molecule has 0 amide bonds. The van der Waals surface area contributed by atoms with Crippen molar-refractivity contribution in [2.75, 3.05) is 7.11 Å². The molecule has 0 aliphatic rings. The van der Waals surface area contributed by atoms with E-state index in [9.17, 15) is 4.79 Å². The molecule has 0 unspecified atom stereocenters. The van der Waals surface area contributed by atoms with Crippen LogP contribution >= 0.6 is 0 Å². The van der Waals surface area contributed by atoms with Crippen molar-refractivity contribution in [1.82, 2.24) is 14.6 Å². The van der Waals surface area contributed by atoms with Gasteiger partial charge in [-0.25, -0.2) is 14.3 Å². The van der Waals surface area contributed by atoms with Gasteiger partial charge < -0.3 is 4.74 Å². The lowest BCUT2D eigenvalue weighted by molar-refractivity contribution is 0.0600. The lowest BCUT2D eigenvalue weighted by Crippen LogP contribution is -2.00. The molecule has 0 fully saturated rings. The van der Waals surface area contributed by atoms with Crippen LogP contribution in [0.5, 0.6) is 0 Å². The molecule has 15 heavy (non-hydrogen) atoms. The number of hydrogen-bond donors (Lipinski definition) is 0. The second-order valence-electron chi connectivity index (χ2n) is 3.30. The van der Waals surface area contributed by atoms with E-state index in [-0.39, 0.29) is 5.97 Å². The number of nitrogens with zero attached hydrogens (tertiary/aromatic N) is 3. The van der Waals surface area contributed by atoms with Gasteiger partial charge in [-0.05, 0) is 19.4 Å². The second kappa shape index (κ2) is 3.34. The molecular formula is C10H11N3O2. The van der Waals surface area contributed by atoms with Crippen LogP contribution in [0.4, 0.5) is 0 Å². The maximum Gasteiger partial charge on any atom is 0.339 e. The summed E-state index contributed by atoms with van der Waals surface area (Å²) in [5.41, 5.74) is 3.08. The lowest BCUT2D eigenvalue weighted by Gasteiger charge is -1.97. The number of carbonyl (C=O) groups is 1. The Morgan fingerprint density at radius 1 is 1.47 bits per heavy atom. The molecule has 0 N–H and O–H groups in total. The average molecular weight is 205 g/mol. The van der Waals surface area contributed by atoms with Gasteiger partial charge in [-0.3, -0.25) is 0 Å². The number of esters is 1. The fourth-order valence-corrected chi connectivity index (χ4v) is 1.66. The van der Waals surface area contributed by atoms with Crippen LogP contribution in [0.25, 0.3) is 5.52 Å². The van der Waals surface area contributed by atoms with Crippen LogP contribution in [0, 0.1) is 13.8 Å². The number of aromatic nitrogens is 3. The van der Waals surface area contributed by atoms with Crippen molar-refractivity contribution in [1.29, 1.82) is 0 Å². The number of fused-ring (bicyclic) bond motifs is 1. The molecule has 5 heteroatoms. The SMILES string of the molecule is COC(=O)c1cn2ncnc(C)c2c1C. The Kier molecular flexibility index (Phi) is 2.15. The zero-order chi connectivity index (χ0) is 11.0. The average Bonchev–Trinajstić information content (AvgIpc) is 2.56. The molecule has 0 saturated heterocycles. The van der Waals surface area contributed by atoms with E-state index in [4.69, 9.17) is 0 Å². The second-order valence-corrected chi connectivity index (χ2v) is 3.30. The van der Waals surface area contributed by atoms with Gasteiger partial charge in [0.2, 0.25) is 0 Å². The van der Waals surface area contributed by atoms with Crippen molar-refractivity contribution < 1.29 is 9.53 Å². The molecule has 0 spiro atoms. The minimum atomic E-state index is -0.350. The molecular weight excluding hydrogens is 194 g/mol. The first-order valence-electron chi connectivity index (χ1n) is 4.53. The third kappa shape index (κ3) is 1.36. The first kappa shape index (κ1) is 9.64. The molecule has 2 heterocycles. The van der Waals surface area contributed by atoms with Gasteiger partial charge in [0.15, 0.2) is 0 Å². The fraction of sp³-hybridized carbons (Fsp3) is 0.300. The van der Waals surface area contributed by atoms with E-state index in [2.05, 4.69) is 14.8 Å². The summed E-state index contributed by atoms with van der Waals surface area (Å²) in [6.07, 6.45) is 3.12. The normalized spacial score (nSPS) is 10.6. The van der Waals surface area contributed by atoms with Crippen LogP contribution in [0.15, 0.2) is 12.5 Å². The molecule has 2 aromatic heterocycles. The standard InChI is InChI=1S/C10H11N3O2/c1-6-8(10(14)15-3)4-13-9(6)7(2)11-5-12-13/h4-5H,1-3H3. The van der Waals surface area contributed by atoms with Crippen LogP contribution in [-0.2, 0) is 4.74 Å². The minimum absolute atomic E-state index is 0.350. The van der Waals surface area contributed by atoms with E-state index in [1.165, 1.54) is 13.4 Å². The van der Waals surface area contributed by atoms with Gasteiger partial charge in [-0.15, -0.1) is 0 Å². The smallest absolute Gasteiger partial charge is 0.339 e. The number of carbonyl (C=O) groups excluding carboxylic acids is 1. The molecule has 2 aromatic rings. The molecule has 2 rings (SSSR count). The summed E-state index contributed by atoms with van der Waals surface area (Å²) in [6.45, 7) is 3.74. The fourth-order valence-electron chi connectivity index (χ4n) is 1.66. The molecule has 0 bridgehead atoms. The van der Waals surface area contributed by atoms with Crippen LogP contribution in [0.2, 0.25) is 0 Å². The first-order valence-corrected chi connectivity index (χ1v) is 4.53. The van der Waals surface area contributed by atoms with E-state index < -0.39 is 0 Å². The third-order valence-corrected chi connectivity index (χ3v) is 2.42. The van der Waals surface area contributed by atoms with Gasteiger partial charge in [0.25, 0.3) is 0 Å². The largest absolute Gasteiger partial charge is 0.465 e. The quantitative estimate of drug-likeness (QED) is 0.655. The van der Waals surface area contributed by atoms with E-state index in [1.54, 1.807) is 10.7 Å². The highest BCUT2D eigenvalue weighted by Crippen LogP contribution is 2.19. The summed E-state index contributed by atoms with van der Waals surface area (Å²) >= 11 is 0. The molecule has 0 atom stereocenters. The maximum absolute atomic E-state index is 11.4. The number of methoxy groups -OCH3 is 1. The number of ether oxygens (including phenoxy) is 1. The Morgan fingerprint density at radius 3 is 2.80 bits per heavy atom. The third-order valence-electron chi connectivity index (χ3n) is 2.42. The highest BCUT2D eigenvalue weighted by Gasteiger charge is 2.16. The predicted molar refractivity (Wildman–Crippen MR) is 53.8 cm³/mol. The number of hydrogen-bond acceptors (Lipinski definition) is 4. The molecule has 78 valence electrons. The zero-order valence-corrected chi connectivity index (χ0v) is 8.81. The van der Waals surface area contributed by atoms with Crippen LogP contribution in [-0.4, -0.2) is 27.7 Å². The lowest BCUT2D eigenvalue weighted by atomic mass is 10.2. The van der Waals surface area contributed by atoms with Crippen molar-refractivity contribution in [3.8, 4) is 0 Å². The Hall–Kier alpha value is -1.91. The summed E-state index contributed by atoms with van der Waals surface area (Å²) < 4.78 is 6.33. The van der Waals surface area contributed by atoms with Gasteiger partial charge in [-0.2, -0.15) is 5.10 Å². The molecule has 0 radical (unpaired) electrons. The highest BCUT2D eigenvalue weighted by atomic mass is 16.5. The van der Waals surface area contributed by atoms with E-state index in [0.29, 0.717) is 5.56 Å². The van der Waals surface area contributed by atoms with E-state index in [0.717, 1.165) is 16.8 Å². The van der Waals surface area contributed by atoms with Gasteiger partial charge in [0.05, 0.1) is 23.9 Å².